The van der Waals surface area contributed by atoms with E-state index in [1.165, 1.54) is 0 Å². The van der Waals surface area contributed by atoms with Crippen molar-refractivity contribution in [2.45, 2.75) is 38.6 Å². The summed E-state index contributed by atoms with van der Waals surface area (Å²) >= 11 is 3.41. The van der Waals surface area contributed by atoms with Gasteiger partial charge in [-0.3, -0.25) is 5.32 Å². The van der Waals surface area contributed by atoms with Gasteiger partial charge in [-0.2, -0.15) is 0 Å². The topological polar surface area (TPSA) is 38.3 Å². The van der Waals surface area contributed by atoms with Crippen LogP contribution in [0.1, 0.15) is 31.9 Å². The second-order valence-electron chi connectivity index (χ2n) is 4.85. The third-order valence-corrected chi connectivity index (χ3v) is 2.83. The summed E-state index contributed by atoms with van der Waals surface area (Å²) in [5, 5.41) is 3.53. The van der Waals surface area contributed by atoms with Crippen LogP contribution in [0.15, 0.2) is 18.2 Å². The van der Waals surface area contributed by atoms with Crippen molar-refractivity contribution >= 4 is 27.7 Å². The van der Waals surface area contributed by atoms with Gasteiger partial charge in [0.25, 0.3) is 0 Å². The van der Waals surface area contributed by atoms with Gasteiger partial charge in [-0.15, -0.1) is 0 Å². The summed E-state index contributed by atoms with van der Waals surface area (Å²) < 4.78 is 5.21. The number of hydrogen-bond donors (Lipinski definition) is 1. The van der Waals surface area contributed by atoms with E-state index in [0.29, 0.717) is 0 Å². The maximum absolute atomic E-state index is 11.6. The van der Waals surface area contributed by atoms with Crippen LogP contribution in [-0.2, 0) is 10.1 Å². The Morgan fingerprint density at radius 1 is 1.41 bits per heavy atom. The molecule has 0 saturated heterocycles. The third-order valence-electron chi connectivity index (χ3n) is 2.23. The molecule has 3 nitrogen and oxygen atoms in total. The molecule has 0 aromatic heterocycles. The fraction of sp³-hybridized carbons (Fsp3) is 0.462. The van der Waals surface area contributed by atoms with E-state index >= 15 is 0 Å². The Labute approximate surface area is 111 Å². The highest BCUT2D eigenvalue weighted by molar-refractivity contribution is 9.08. The van der Waals surface area contributed by atoms with E-state index in [0.717, 1.165) is 22.1 Å². The number of carbonyl (C=O) groups excluding carboxylic acids is 1. The standard InChI is InChI=1S/C13H18BrNO2/c1-9-10(8-14)6-5-7-11(9)15-12(16)17-13(2,3)4/h5-7H,8H2,1-4H3,(H,15,16). The zero-order valence-electron chi connectivity index (χ0n) is 10.6. The van der Waals surface area contributed by atoms with Gasteiger partial charge in [0.05, 0.1) is 0 Å². The van der Waals surface area contributed by atoms with Crippen molar-refractivity contribution in [2.75, 3.05) is 5.32 Å². The monoisotopic (exact) mass is 299 g/mol. The molecule has 0 spiro atoms. The average molecular weight is 300 g/mol. The Balaban J connectivity index is 2.79. The molecule has 0 aliphatic carbocycles. The Kier molecular flexibility index (Phi) is 4.57. The number of benzene rings is 1. The van der Waals surface area contributed by atoms with Crippen LogP contribution >= 0.6 is 15.9 Å². The zero-order valence-corrected chi connectivity index (χ0v) is 12.2. The molecular weight excluding hydrogens is 282 g/mol. The van der Waals surface area contributed by atoms with Crippen LogP contribution < -0.4 is 5.32 Å². The normalized spacial score (nSPS) is 11.1. The van der Waals surface area contributed by atoms with Gasteiger partial charge in [0.1, 0.15) is 5.60 Å². The summed E-state index contributed by atoms with van der Waals surface area (Å²) in [7, 11) is 0. The number of carbonyl (C=O) groups is 1. The van der Waals surface area contributed by atoms with Crippen LogP contribution in [0, 0.1) is 6.92 Å². The number of alkyl halides is 1. The van der Waals surface area contributed by atoms with Crippen molar-refractivity contribution in [3.63, 3.8) is 0 Å². The van der Waals surface area contributed by atoms with Crippen LogP contribution in [0.25, 0.3) is 0 Å². The molecule has 1 aromatic carbocycles. The van der Waals surface area contributed by atoms with Gasteiger partial charge in [-0.25, -0.2) is 4.79 Å². The van der Waals surface area contributed by atoms with Crippen LogP contribution in [-0.4, -0.2) is 11.7 Å². The van der Waals surface area contributed by atoms with Crippen molar-refractivity contribution in [1.82, 2.24) is 0 Å². The molecule has 0 radical (unpaired) electrons. The molecule has 1 rings (SSSR count). The smallest absolute Gasteiger partial charge is 0.412 e. The SMILES string of the molecule is Cc1c(CBr)cccc1NC(=O)OC(C)(C)C. The first-order chi connectivity index (χ1) is 7.83. The zero-order chi connectivity index (χ0) is 13.1. The fourth-order valence-electron chi connectivity index (χ4n) is 1.38. The lowest BCUT2D eigenvalue weighted by Gasteiger charge is -2.20. The van der Waals surface area contributed by atoms with Crippen molar-refractivity contribution < 1.29 is 9.53 Å². The molecule has 94 valence electrons. The predicted octanol–water partition coefficient (Wildman–Crippen LogP) is 4.24. The lowest BCUT2D eigenvalue weighted by molar-refractivity contribution is 0.0636. The Morgan fingerprint density at radius 2 is 2.06 bits per heavy atom. The van der Waals surface area contributed by atoms with Crippen LogP contribution in [0.5, 0.6) is 0 Å². The molecule has 0 heterocycles. The van der Waals surface area contributed by atoms with Gasteiger partial charge >= 0.3 is 6.09 Å². The Bertz CT molecular complexity index is 410. The van der Waals surface area contributed by atoms with E-state index in [4.69, 9.17) is 4.74 Å². The number of nitrogens with one attached hydrogen (secondary N) is 1. The average Bonchev–Trinajstić information content (AvgIpc) is 2.18. The van der Waals surface area contributed by atoms with Crippen LogP contribution in [0.4, 0.5) is 10.5 Å². The maximum atomic E-state index is 11.6. The van der Waals surface area contributed by atoms with Crippen molar-refractivity contribution in [3.05, 3.63) is 29.3 Å². The lowest BCUT2D eigenvalue weighted by atomic mass is 10.1. The van der Waals surface area contributed by atoms with E-state index in [9.17, 15) is 4.79 Å². The number of hydrogen-bond acceptors (Lipinski definition) is 2. The lowest BCUT2D eigenvalue weighted by Crippen LogP contribution is -2.27. The number of halogens is 1. The molecule has 1 amide bonds. The molecule has 0 aliphatic rings. The van der Waals surface area contributed by atoms with E-state index in [1.807, 2.05) is 45.9 Å². The van der Waals surface area contributed by atoms with E-state index < -0.39 is 11.7 Å². The molecule has 17 heavy (non-hydrogen) atoms. The minimum atomic E-state index is -0.481. The van der Waals surface area contributed by atoms with Crippen molar-refractivity contribution in [2.24, 2.45) is 0 Å². The largest absolute Gasteiger partial charge is 0.444 e. The van der Waals surface area contributed by atoms with Crippen molar-refractivity contribution in [1.29, 1.82) is 0 Å². The molecule has 1 N–H and O–H groups in total. The first kappa shape index (κ1) is 14.0. The first-order valence-electron chi connectivity index (χ1n) is 5.48. The summed E-state index contributed by atoms with van der Waals surface area (Å²) in [4.78, 5) is 11.6. The molecule has 0 unspecified atom stereocenters. The Hall–Kier alpha value is -1.03. The quantitative estimate of drug-likeness (QED) is 0.830. The predicted molar refractivity (Wildman–Crippen MR) is 73.7 cm³/mol. The molecular formula is C13H18BrNO2. The van der Waals surface area contributed by atoms with E-state index in [-0.39, 0.29) is 0 Å². The summed E-state index contributed by atoms with van der Waals surface area (Å²) in [6.45, 7) is 7.50. The van der Waals surface area contributed by atoms with Crippen molar-refractivity contribution in [3.8, 4) is 0 Å². The third kappa shape index (κ3) is 4.38. The van der Waals surface area contributed by atoms with E-state index in [1.54, 1.807) is 0 Å². The Morgan fingerprint density at radius 3 is 2.59 bits per heavy atom. The highest BCUT2D eigenvalue weighted by atomic mass is 79.9. The maximum Gasteiger partial charge on any atom is 0.412 e. The summed E-state index contributed by atoms with van der Waals surface area (Å²) in [5.74, 6) is 0. The number of amides is 1. The fourth-order valence-corrected chi connectivity index (χ4v) is 1.98. The minimum Gasteiger partial charge on any atom is -0.444 e. The minimum absolute atomic E-state index is 0.424. The number of ether oxygens (including phenoxy) is 1. The molecule has 0 aliphatic heterocycles. The second-order valence-corrected chi connectivity index (χ2v) is 5.41. The number of anilines is 1. The van der Waals surface area contributed by atoms with Crippen LogP contribution in [0.3, 0.4) is 0 Å². The second kappa shape index (κ2) is 5.54. The van der Waals surface area contributed by atoms with Gasteiger partial charge in [-0.1, -0.05) is 28.1 Å². The summed E-state index contributed by atoms with van der Waals surface area (Å²) in [5.41, 5.74) is 2.51. The van der Waals surface area contributed by atoms with E-state index in [2.05, 4.69) is 21.2 Å². The number of rotatable bonds is 2. The molecule has 0 fully saturated rings. The summed E-state index contributed by atoms with van der Waals surface area (Å²) in [6, 6.07) is 5.80. The highest BCUT2D eigenvalue weighted by Gasteiger charge is 2.16. The highest BCUT2D eigenvalue weighted by Crippen LogP contribution is 2.21. The van der Waals surface area contributed by atoms with Gasteiger partial charge in [0.15, 0.2) is 0 Å². The molecule has 4 heteroatoms. The summed E-state index contributed by atoms with van der Waals surface area (Å²) in [6.07, 6.45) is -0.424. The van der Waals surface area contributed by atoms with Crippen LogP contribution in [0.2, 0.25) is 0 Å². The van der Waals surface area contributed by atoms with Gasteiger partial charge < -0.3 is 4.74 Å². The van der Waals surface area contributed by atoms with Gasteiger partial charge in [-0.05, 0) is 44.9 Å². The van der Waals surface area contributed by atoms with Gasteiger partial charge in [0, 0.05) is 11.0 Å². The molecule has 0 bridgehead atoms. The molecule has 1 aromatic rings. The molecule has 0 saturated carbocycles. The molecule has 0 atom stereocenters. The van der Waals surface area contributed by atoms with Gasteiger partial charge in [0.2, 0.25) is 0 Å². The first-order valence-corrected chi connectivity index (χ1v) is 6.60.